The maximum Gasteiger partial charge on any atom is 0.0854 e. The minimum absolute atomic E-state index is 0.816. The monoisotopic (exact) mass is 192 g/mol. The Hall–Kier alpha value is -1.11. The lowest BCUT2D eigenvalue weighted by Gasteiger charge is -1.92. The van der Waals surface area contributed by atoms with E-state index in [1.54, 1.807) is 5.41 Å². The Bertz CT molecular complexity index is 355. The quantitative estimate of drug-likeness (QED) is 0.658. The van der Waals surface area contributed by atoms with E-state index in [4.69, 9.17) is 0 Å². The van der Waals surface area contributed by atoms with Crippen molar-refractivity contribution in [2.75, 3.05) is 0 Å². The van der Waals surface area contributed by atoms with Crippen molar-refractivity contribution in [1.82, 2.24) is 0 Å². The normalized spacial score (nSPS) is 11.5. The lowest BCUT2D eigenvalue weighted by Crippen LogP contribution is -1.83. The van der Waals surface area contributed by atoms with Crippen LogP contribution in [0.15, 0.2) is 51.9 Å². The minimum Gasteiger partial charge on any atom is -0.249 e. The lowest BCUT2D eigenvalue weighted by molar-refractivity contribution is 0.688. The minimum atomic E-state index is -1.06. The van der Waals surface area contributed by atoms with Crippen LogP contribution in [0.3, 0.4) is 0 Å². The molecule has 0 N–H and O–H groups in total. The number of allylic oxidation sites excluding steroid dienone is 1. The van der Waals surface area contributed by atoms with Gasteiger partial charge in [-0.05, 0) is 31.6 Å². The molecular formula is C11H12OS. The van der Waals surface area contributed by atoms with Gasteiger partial charge in [-0.3, -0.25) is 0 Å². The Balaban J connectivity index is 2.88. The standard InChI is InChI=1S/C11H12OS/c1-10(2)8-9-13(12)11-6-4-3-5-7-11/h3-7,9H,1-2H3. The topological polar surface area (TPSA) is 17.1 Å². The zero-order valence-electron chi connectivity index (χ0n) is 7.78. The van der Waals surface area contributed by atoms with E-state index < -0.39 is 10.8 Å². The molecule has 1 unspecified atom stereocenters. The molecule has 0 heterocycles. The van der Waals surface area contributed by atoms with E-state index in [0.29, 0.717) is 0 Å². The molecule has 0 bridgehead atoms. The van der Waals surface area contributed by atoms with Crippen molar-refractivity contribution in [2.45, 2.75) is 18.7 Å². The largest absolute Gasteiger partial charge is 0.249 e. The van der Waals surface area contributed by atoms with Crippen LogP contribution in [-0.4, -0.2) is 4.21 Å². The average molecular weight is 192 g/mol. The first-order valence-electron chi connectivity index (χ1n) is 4.06. The Morgan fingerprint density at radius 1 is 1.31 bits per heavy atom. The molecule has 0 fully saturated rings. The van der Waals surface area contributed by atoms with Crippen molar-refractivity contribution in [3.63, 3.8) is 0 Å². The molecule has 0 saturated carbocycles. The Kier molecular flexibility index (Phi) is 3.69. The molecule has 68 valence electrons. The van der Waals surface area contributed by atoms with Crippen LogP contribution >= 0.6 is 0 Å². The van der Waals surface area contributed by atoms with Gasteiger partial charge in [0.1, 0.15) is 0 Å². The molecule has 0 spiro atoms. The second-order valence-electron chi connectivity index (χ2n) is 2.87. The fraction of sp³-hybridized carbons (Fsp3) is 0.182. The summed E-state index contributed by atoms with van der Waals surface area (Å²) in [6, 6.07) is 9.36. The molecule has 0 aliphatic heterocycles. The first-order valence-corrected chi connectivity index (χ1v) is 5.27. The van der Waals surface area contributed by atoms with Crippen LogP contribution in [0.25, 0.3) is 0 Å². The van der Waals surface area contributed by atoms with Gasteiger partial charge in [0, 0.05) is 10.3 Å². The lowest BCUT2D eigenvalue weighted by atomic mass is 10.4. The summed E-state index contributed by atoms with van der Waals surface area (Å²) in [7, 11) is -1.06. The first kappa shape index (κ1) is 9.97. The zero-order valence-corrected chi connectivity index (χ0v) is 8.60. The third-order valence-corrected chi connectivity index (χ3v) is 2.50. The summed E-state index contributed by atoms with van der Waals surface area (Å²) in [6.07, 6.45) is 0. The van der Waals surface area contributed by atoms with E-state index in [1.165, 1.54) is 0 Å². The highest BCUT2D eigenvalue weighted by Crippen LogP contribution is 2.05. The van der Waals surface area contributed by atoms with Crippen LogP contribution in [0.5, 0.6) is 0 Å². The summed E-state index contributed by atoms with van der Waals surface area (Å²) in [4.78, 5) is 0.816. The summed E-state index contributed by atoms with van der Waals surface area (Å²) in [5.41, 5.74) is 3.97. The Labute approximate surface area is 81.3 Å². The number of benzene rings is 1. The molecule has 1 aromatic rings. The highest BCUT2D eigenvalue weighted by molar-refractivity contribution is 7.88. The molecule has 0 saturated heterocycles. The van der Waals surface area contributed by atoms with Crippen LogP contribution in [-0.2, 0) is 10.8 Å². The molecule has 1 aromatic carbocycles. The maximum absolute atomic E-state index is 11.5. The fourth-order valence-electron chi connectivity index (χ4n) is 0.794. The van der Waals surface area contributed by atoms with Crippen LogP contribution in [0.2, 0.25) is 0 Å². The average Bonchev–Trinajstić information content (AvgIpc) is 2.15. The summed E-state index contributed by atoms with van der Waals surface area (Å²) in [5, 5.41) is 1.59. The van der Waals surface area contributed by atoms with Gasteiger partial charge in [-0.2, -0.15) is 0 Å². The van der Waals surface area contributed by atoms with E-state index in [-0.39, 0.29) is 0 Å². The summed E-state index contributed by atoms with van der Waals surface area (Å²) < 4.78 is 11.5. The molecule has 0 amide bonds. The van der Waals surface area contributed by atoms with Gasteiger partial charge in [-0.15, -0.1) is 5.73 Å². The third-order valence-electron chi connectivity index (χ3n) is 1.43. The third kappa shape index (κ3) is 3.41. The van der Waals surface area contributed by atoms with Gasteiger partial charge in [0.05, 0.1) is 10.8 Å². The van der Waals surface area contributed by atoms with Crippen molar-refractivity contribution in [1.29, 1.82) is 0 Å². The summed E-state index contributed by atoms with van der Waals surface area (Å²) >= 11 is 0. The van der Waals surface area contributed by atoms with Crippen LogP contribution < -0.4 is 0 Å². The molecule has 0 aliphatic carbocycles. The molecule has 1 atom stereocenters. The highest BCUT2D eigenvalue weighted by atomic mass is 32.2. The van der Waals surface area contributed by atoms with E-state index in [2.05, 4.69) is 5.73 Å². The molecule has 1 nitrogen and oxygen atoms in total. The van der Waals surface area contributed by atoms with Crippen molar-refractivity contribution in [3.05, 3.63) is 47.0 Å². The molecular weight excluding hydrogens is 180 g/mol. The van der Waals surface area contributed by atoms with Crippen molar-refractivity contribution >= 4 is 10.8 Å². The van der Waals surface area contributed by atoms with Crippen molar-refractivity contribution in [2.24, 2.45) is 0 Å². The van der Waals surface area contributed by atoms with Gasteiger partial charge in [0.2, 0.25) is 0 Å². The second-order valence-corrected chi connectivity index (χ2v) is 4.17. The fourth-order valence-corrected chi connectivity index (χ4v) is 1.70. The predicted molar refractivity (Wildman–Crippen MR) is 55.8 cm³/mol. The number of hydrogen-bond acceptors (Lipinski definition) is 1. The predicted octanol–water partition coefficient (Wildman–Crippen LogP) is 2.87. The summed E-state index contributed by atoms with van der Waals surface area (Å²) in [5.74, 6) is 0. The van der Waals surface area contributed by atoms with Crippen LogP contribution in [0, 0.1) is 0 Å². The van der Waals surface area contributed by atoms with E-state index in [1.807, 2.05) is 44.2 Å². The smallest absolute Gasteiger partial charge is 0.0854 e. The first-order chi connectivity index (χ1) is 6.20. The SMILES string of the molecule is CC(C)=C=CS(=O)c1ccccc1. The maximum atomic E-state index is 11.5. The van der Waals surface area contributed by atoms with E-state index in [9.17, 15) is 4.21 Å². The van der Waals surface area contributed by atoms with Crippen LogP contribution in [0.4, 0.5) is 0 Å². The highest BCUT2D eigenvalue weighted by Gasteiger charge is 1.95. The second kappa shape index (κ2) is 4.80. The Morgan fingerprint density at radius 2 is 1.92 bits per heavy atom. The molecule has 0 radical (unpaired) electrons. The summed E-state index contributed by atoms with van der Waals surface area (Å²) in [6.45, 7) is 3.86. The van der Waals surface area contributed by atoms with Crippen molar-refractivity contribution in [3.8, 4) is 0 Å². The molecule has 2 heteroatoms. The number of rotatable bonds is 2. The van der Waals surface area contributed by atoms with Gasteiger partial charge >= 0.3 is 0 Å². The molecule has 0 aliphatic rings. The zero-order chi connectivity index (χ0) is 9.68. The molecule has 0 aromatic heterocycles. The van der Waals surface area contributed by atoms with Gasteiger partial charge < -0.3 is 0 Å². The van der Waals surface area contributed by atoms with E-state index >= 15 is 0 Å². The molecule has 1 rings (SSSR count). The van der Waals surface area contributed by atoms with Crippen LogP contribution in [0.1, 0.15) is 13.8 Å². The Morgan fingerprint density at radius 3 is 2.46 bits per heavy atom. The van der Waals surface area contributed by atoms with Gasteiger partial charge in [-0.25, -0.2) is 4.21 Å². The van der Waals surface area contributed by atoms with Gasteiger partial charge in [0.25, 0.3) is 0 Å². The molecule has 13 heavy (non-hydrogen) atoms. The van der Waals surface area contributed by atoms with E-state index in [0.717, 1.165) is 10.5 Å². The van der Waals surface area contributed by atoms with Crippen molar-refractivity contribution < 1.29 is 4.21 Å². The van der Waals surface area contributed by atoms with Gasteiger partial charge in [0.15, 0.2) is 0 Å². The number of hydrogen-bond donors (Lipinski definition) is 0. The van der Waals surface area contributed by atoms with Gasteiger partial charge in [-0.1, -0.05) is 18.2 Å².